The highest BCUT2D eigenvalue weighted by Crippen LogP contribution is 2.42. The van der Waals surface area contributed by atoms with Crippen LogP contribution in [0.1, 0.15) is 12.0 Å². The molecule has 0 bridgehead atoms. The Morgan fingerprint density at radius 1 is 1.12 bits per heavy atom. The van der Waals surface area contributed by atoms with Gasteiger partial charge >= 0.3 is 0 Å². The summed E-state index contributed by atoms with van der Waals surface area (Å²) in [5.74, 6) is 0.655. The van der Waals surface area contributed by atoms with Crippen molar-refractivity contribution in [1.82, 2.24) is 0 Å². The molecule has 4 rings (SSSR count). The molecular weight excluding hydrogens is 307 g/mol. The summed E-state index contributed by atoms with van der Waals surface area (Å²) >= 11 is 0. The van der Waals surface area contributed by atoms with E-state index in [-0.39, 0.29) is 11.7 Å². The third-order valence-corrected chi connectivity index (χ3v) is 4.61. The van der Waals surface area contributed by atoms with Gasteiger partial charge in [-0.15, -0.1) is 0 Å². The van der Waals surface area contributed by atoms with Crippen LogP contribution in [0.5, 0.6) is 5.75 Å². The van der Waals surface area contributed by atoms with Gasteiger partial charge in [0, 0.05) is 19.5 Å². The monoisotopic (exact) mass is 326 g/mol. The summed E-state index contributed by atoms with van der Waals surface area (Å²) in [5, 5.41) is 0. The van der Waals surface area contributed by atoms with Crippen LogP contribution in [0.4, 0.5) is 15.8 Å². The number of benzene rings is 2. The van der Waals surface area contributed by atoms with Crippen molar-refractivity contribution in [2.75, 3.05) is 36.0 Å². The van der Waals surface area contributed by atoms with E-state index in [1.165, 1.54) is 12.1 Å². The number of amides is 1. The average molecular weight is 326 g/mol. The first kappa shape index (κ1) is 15.0. The SMILES string of the molecule is O=C(CCc1cccc(F)c1)N1CCN2CCOc3cccc1c32. The van der Waals surface area contributed by atoms with Crippen LogP contribution in [0, 0.1) is 5.82 Å². The third-order valence-electron chi connectivity index (χ3n) is 4.61. The number of hydrogen-bond donors (Lipinski definition) is 0. The molecule has 0 fully saturated rings. The Morgan fingerprint density at radius 3 is 2.88 bits per heavy atom. The van der Waals surface area contributed by atoms with Crippen molar-refractivity contribution in [3.8, 4) is 5.75 Å². The van der Waals surface area contributed by atoms with Gasteiger partial charge < -0.3 is 14.5 Å². The van der Waals surface area contributed by atoms with E-state index in [2.05, 4.69) is 4.90 Å². The number of para-hydroxylation sites is 1. The zero-order valence-electron chi connectivity index (χ0n) is 13.4. The first-order valence-corrected chi connectivity index (χ1v) is 8.28. The Balaban J connectivity index is 1.53. The molecule has 0 atom stereocenters. The van der Waals surface area contributed by atoms with E-state index in [1.54, 1.807) is 6.07 Å². The molecule has 1 amide bonds. The summed E-state index contributed by atoms with van der Waals surface area (Å²) in [5.41, 5.74) is 2.79. The molecule has 24 heavy (non-hydrogen) atoms. The second kappa shape index (κ2) is 6.15. The van der Waals surface area contributed by atoms with Crippen LogP contribution >= 0.6 is 0 Å². The molecule has 124 valence electrons. The van der Waals surface area contributed by atoms with Crippen molar-refractivity contribution in [2.45, 2.75) is 12.8 Å². The summed E-state index contributed by atoms with van der Waals surface area (Å²) in [7, 11) is 0. The molecule has 0 radical (unpaired) electrons. The fourth-order valence-electron chi connectivity index (χ4n) is 3.44. The lowest BCUT2D eigenvalue weighted by Gasteiger charge is -2.41. The Labute approximate surface area is 140 Å². The van der Waals surface area contributed by atoms with Gasteiger partial charge in [0.1, 0.15) is 23.9 Å². The summed E-state index contributed by atoms with van der Waals surface area (Å²) in [6, 6.07) is 12.3. The molecule has 0 saturated heterocycles. The first-order chi connectivity index (χ1) is 11.7. The molecular formula is C19H19FN2O2. The van der Waals surface area contributed by atoms with Crippen LogP contribution in [0.15, 0.2) is 42.5 Å². The maximum atomic E-state index is 13.3. The Bertz CT molecular complexity index is 778. The molecule has 2 aliphatic heterocycles. The maximum absolute atomic E-state index is 13.3. The lowest BCUT2D eigenvalue weighted by Crippen LogP contribution is -2.47. The van der Waals surface area contributed by atoms with Crippen molar-refractivity contribution in [3.63, 3.8) is 0 Å². The van der Waals surface area contributed by atoms with Gasteiger partial charge in [-0.25, -0.2) is 4.39 Å². The minimum atomic E-state index is -0.261. The largest absolute Gasteiger partial charge is 0.489 e. The quantitative estimate of drug-likeness (QED) is 0.869. The summed E-state index contributed by atoms with van der Waals surface area (Å²) in [6.07, 6.45) is 0.913. The molecule has 4 nitrogen and oxygen atoms in total. The Hall–Kier alpha value is -2.56. The predicted molar refractivity (Wildman–Crippen MR) is 91.2 cm³/mol. The van der Waals surface area contributed by atoms with Crippen molar-refractivity contribution in [1.29, 1.82) is 0 Å². The molecule has 0 spiro atoms. The first-order valence-electron chi connectivity index (χ1n) is 8.28. The minimum absolute atomic E-state index is 0.0675. The molecule has 0 saturated carbocycles. The number of rotatable bonds is 3. The van der Waals surface area contributed by atoms with Gasteiger partial charge in [0.15, 0.2) is 0 Å². The normalized spacial score (nSPS) is 15.7. The molecule has 2 aromatic rings. The van der Waals surface area contributed by atoms with Gasteiger partial charge in [-0.05, 0) is 36.2 Å². The predicted octanol–water partition coefficient (Wildman–Crippen LogP) is 3.00. The fraction of sp³-hybridized carbons (Fsp3) is 0.316. The van der Waals surface area contributed by atoms with E-state index in [0.717, 1.165) is 35.8 Å². The number of carbonyl (C=O) groups is 1. The van der Waals surface area contributed by atoms with Crippen molar-refractivity contribution < 1.29 is 13.9 Å². The van der Waals surface area contributed by atoms with Gasteiger partial charge in [-0.1, -0.05) is 18.2 Å². The topological polar surface area (TPSA) is 32.8 Å². The van der Waals surface area contributed by atoms with Crippen LogP contribution in [0.25, 0.3) is 0 Å². The van der Waals surface area contributed by atoms with Crippen molar-refractivity contribution in [2.24, 2.45) is 0 Å². The number of carbonyl (C=O) groups excluding carboxylic acids is 1. The number of hydrogen-bond acceptors (Lipinski definition) is 3. The van der Waals surface area contributed by atoms with E-state index in [4.69, 9.17) is 4.74 Å². The molecule has 5 heteroatoms. The van der Waals surface area contributed by atoms with E-state index in [1.807, 2.05) is 29.2 Å². The molecule has 0 aliphatic carbocycles. The number of nitrogens with zero attached hydrogens (tertiary/aromatic N) is 2. The zero-order valence-corrected chi connectivity index (χ0v) is 13.4. The zero-order chi connectivity index (χ0) is 16.5. The fourth-order valence-corrected chi connectivity index (χ4v) is 3.44. The molecule has 2 heterocycles. The van der Waals surface area contributed by atoms with E-state index in [9.17, 15) is 9.18 Å². The van der Waals surface area contributed by atoms with Crippen LogP contribution in [-0.4, -0.2) is 32.1 Å². The van der Waals surface area contributed by atoms with Crippen molar-refractivity contribution >= 4 is 17.3 Å². The van der Waals surface area contributed by atoms with Gasteiger partial charge in [-0.2, -0.15) is 0 Å². The lowest BCUT2D eigenvalue weighted by atomic mass is 10.1. The van der Waals surface area contributed by atoms with Crippen LogP contribution < -0.4 is 14.5 Å². The van der Waals surface area contributed by atoms with Crippen LogP contribution in [0.2, 0.25) is 0 Å². The van der Waals surface area contributed by atoms with Gasteiger partial charge in [-0.3, -0.25) is 4.79 Å². The Morgan fingerprint density at radius 2 is 2.00 bits per heavy atom. The highest BCUT2D eigenvalue weighted by atomic mass is 19.1. The molecule has 0 unspecified atom stereocenters. The summed E-state index contributed by atoms with van der Waals surface area (Å²) in [4.78, 5) is 16.8. The number of halogens is 1. The van der Waals surface area contributed by atoms with Gasteiger partial charge in [0.05, 0.1) is 12.2 Å². The van der Waals surface area contributed by atoms with Gasteiger partial charge in [0.25, 0.3) is 0 Å². The van der Waals surface area contributed by atoms with E-state index >= 15 is 0 Å². The molecule has 2 aliphatic rings. The second-order valence-corrected chi connectivity index (χ2v) is 6.13. The molecule has 2 aromatic carbocycles. The number of anilines is 2. The van der Waals surface area contributed by atoms with E-state index < -0.39 is 0 Å². The lowest BCUT2D eigenvalue weighted by molar-refractivity contribution is -0.118. The highest BCUT2D eigenvalue weighted by molar-refractivity contribution is 5.99. The van der Waals surface area contributed by atoms with Crippen molar-refractivity contribution in [3.05, 3.63) is 53.8 Å². The smallest absolute Gasteiger partial charge is 0.227 e. The number of aryl methyl sites for hydroxylation is 1. The van der Waals surface area contributed by atoms with Gasteiger partial charge in [0.2, 0.25) is 5.91 Å². The molecule has 0 aromatic heterocycles. The standard InChI is InChI=1S/C19H19FN2O2/c20-15-4-1-3-14(13-15)7-8-18(23)22-10-9-21-11-12-24-17-6-2-5-16(22)19(17)21/h1-6,13H,7-12H2. The average Bonchev–Trinajstić information content (AvgIpc) is 2.61. The second-order valence-electron chi connectivity index (χ2n) is 6.13. The molecule has 0 N–H and O–H groups in total. The summed E-state index contributed by atoms with van der Waals surface area (Å²) < 4.78 is 19.0. The maximum Gasteiger partial charge on any atom is 0.227 e. The third kappa shape index (κ3) is 2.70. The minimum Gasteiger partial charge on any atom is -0.489 e. The summed E-state index contributed by atoms with van der Waals surface area (Å²) in [6.45, 7) is 3.04. The number of ether oxygens (including phenoxy) is 1. The van der Waals surface area contributed by atoms with Crippen LogP contribution in [0.3, 0.4) is 0 Å². The van der Waals surface area contributed by atoms with E-state index in [0.29, 0.717) is 26.0 Å². The van der Waals surface area contributed by atoms with Crippen LogP contribution in [-0.2, 0) is 11.2 Å². The highest BCUT2D eigenvalue weighted by Gasteiger charge is 2.31. The Kier molecular flexibility index (Phi) is 3.84.